The van der Waals surface area contributed by atoms with Crippen LogP contribution < -0.4 is 27.0 Å². The Morgan fingerprint density at radius 2 is 1.70 bits per heavy atom. The molecular weight excluding hydrogens is 615 g/mol. The maximum absolute atomic E-state index is 13.3. The molecule has 0 saturated carbocycles. The number of rotatable bonds is 18. The number of ether oxygens (including phenoxy) is 1. The van der Waals surface area contributed by atoms with Gasteiger partial charge in [-0.15, -0.1) is 28.3 Å². The van der Waals surface area contributed by atoms with Crippen molar-refractivity contribution in [2.45, 2.75) is 83.4 Å². The average molecular weight is 656 g/mol. The zero-order valence-electron chi connectivity index (χ0n) is 25.0. The highest BCUT2D eigenvalue weighted by Gasteiger charge is 2.29. The Labute approximate surface area is 266 Å². The summed E-state index contributed by atoms with van der Waals surface area (Å²) in [7, 11) is 0. The van der Waals surface area contributed by atoms with E-state index in [2.05, 4.69) is 31.6 Å². The molecule has 2 aromatic rings. The molecule has 16 heteroatoms. The topological polar surface area (TPSA) is 199 Å². The fraction of sp³-hybridized carbons (Fsp3) is 0.536. The Morgan fingerprint density at radius 1 is 1.00 bits per heavy atom. The van der Waals surface area contributed by atoms with Gasteiger partial charge in [-0.2, -0.15) is 0 Å². The first kappa shape index (κ1) is 36.3. The third-order valence-corrected chi connectivity index (χ3v) is 6.98. The molecule has 0 bridgehead atoms. The Morgan fingerprint density at radius 3 is 2.30 bits per heavy atom. The van der Waals surface area contributed by atoms with Crippen LogP contribution in [0.5, 0.6) is 0 Å². The van der Waals surface area contributed by atoms with Gasteiger partial charge in [-0.05, 0) is 42.9 Å². The van der Waals surface area contributed by atoms with Gasteiger partial charge in [0.2, 0.25) is 17.7 Å². The van der Waals surface area contributed by atoms with Gasteiger partial charge in [0.05, 0.1) is 17.5 Å². The highest BCUT2D eigenvalue weighted by molar-refractivity contribution is 6.18. The second kappa shape index (κ2) is 18.7. The van der Waals surface area contributed by atoms with E-state index in [0.29, 0.717) is 36.5 Å². The van der Waals surface area contributed by atoms with Crippen molar-refractivity contribution >= 4 is 58.6 Å². The molecule has 0 aliphatic heterocycles. The van der Waals surface area contributed by atoms with Gasteiger partial charge in [-0.25, -0.2) is 9.48 Å². The number of carbonyl (C=O) groups is 5. The van der Waals surface area contributed by atoms with Crippen LogP contribution in [0.15, 0.2) is 24.3 Å². The summed E-state index contributed by atoms with van der Waals surface area (Å²) in [5.74, 6) is -1.68. The molecule has 1 aromatic carbocycles. The van der Waals surface area contributed by atoms with E-state index in [-0.39, 0.29) is 49.6 Å². The summed E-state index contributed by atoms with van der Waals surface area (Å²) < 4.78 is 6.58. The van der Waals surface area contributed by atoms with Crippen LogP contribution in [-0.2, 0) is 48.8 Å². The Bertz CT molecular complexity index is 1270. The van der Waals surface area contributed by atoms with Gasteiger partial charge >= 0.3 is 12.0 Å². The van der Waals surface area contributed by atoms with Crippen LogP contribution in [0.2, 0.25) is 0 Å². The molecule has 0 spiro atoms. The molecule has 0 aliphatic carbocycles. The summed E-state index contributed by atoms with van der Waals surface area (Å²) in [6.45, 7) is 5.57. The van der Waals surface area contributed by atoms with E-state index in [0.717, 1.165) is 5.56 Å². The number of benzene rings is 1. The van der Waals surface area contributed by atoms with Crippen molar-refractivity contribution in [2.75, 3.05) is 11.9 Å². The SMILES string of the molecule is CC(=O)OCc1ccc(NC(=O)[C@H](CCCNC(N)=O)NC(=O)[C@@H](NC(=O)CCCn2nnc(CCl)c2CCl)C(C)C)cc1. The second-order valence-electron chi connectivity index (χ2n) is 10.3. The molecule has 0 unspecified atom stereocenters. The molecule has 5 amide bonds. The first-order valence-corrected chi connectivity index (χ1v) is 15.2. The molecule has 2 atom stereocenters. The number of primary amides is 1. The van der Waals surface area contributed by atoms with E-state index in [4.69, 9.17) is 33.7 Å². The summed E-state index contributed by atoms with van der Waals surface area (Å²) in [4.78, 5) is 61.4. The van der Waals surface area contributed by atoms with Crippen LogP contribution in [0.3, 0.4) is 0 Å². The fourth-order valence-electron chi connectivity index (χ4n) is 4.11. The van der Waals surface area contributed by atoms with Gasteiger partial charge in [0.25, 0.3) is 0 Å². The van der Waals surface area contributed by atoms with Crippen LogP contribution in [0.4, 0.5) is 10.5 Å². The van der Waals surface area contributed by atoms with Gasteiger partial charge in [0.1, 0.15) is 24.4 Å². The summed E-state index contributed by atoms with van der Waals surface area (Å²) >= 11 is 11.8. The predicted octanol–water partition coefficient (Wildman–Crippen LogP) is 2.31. The lowest BCUT2D eigenvalue weighted by molar-refractivity contribution is -0.142. The summed E-state index contributed by atoms with van der Waals surface area (Å²) in [5, 5.41) is 18.7. The fourth-order valence-corrected chi connectivity index (χ4v) is 4.61. The molecule has 6 N–H and O–H groups in total. The van der Waals surface area contributed by atoms with Crippen molar-refractivity contribution in [3.63, 3.8) is 0 Å². The van der Waals surface area contributed by atoms with Crippen molar-refractivity contribution in [2.24, 2.45) is 11.7 Å². The third-order valence-electron chi connectivity index (χ3n) is 6.48. The molecule has 0 saturated heterocycles. The highest BCUT2D eigenvalue weighted by Crippen LogP contribution is 2.14. The first-order valence-electron chi connectivity index (χ1n) is 14.1. The summed E-state index contributed by atoms with van der Waals surface area (Å²) in [6.07, 6.45) is 1.07. The number of nitrogens with zero attached hydrogens (tertiary/aromatic N) is 3. The number of hydrogen-bond donors (Lipinski definition) is 5. The van der Waals surface area contributed by atoms with Crippen molar-refractivity contribution < 1.29 is 28.7 Å². The van der Waals surface area contributed by atoms with Gasteiger partial charge in [0.15, 0.2) is 0 Å². The summed E-state index contributed by atoms with van der Waals surface area (Å²) in [6, 6.07) is 4.10. The minimum atomic E-state index is -0.978. The maximum Gasteiger partial charge on any atom is 0.312 e. The number of hydrogen-bond acceptors (Lipinski definition) is 8. The molecular formula is C28H40Cl2N8O6. The van der Waals surface area contributed by atoms with E-state index in [9.17, 15) is 24.0 Å². The quantitative estimate of drug-likeness (QED) is 0.0915. The van der Waals surface area contributed by atoms with Gasteiger partial charge in [0, 0.05) is 32.1 Å². The van der Waals surface area contributed by atoms with Crippen molar-refractivity contribution in [3.8, 4) is 0 Å². The van der Waals surface area contributed by atoms with Crippen LogP contribution >= 0.6 is 23.2 Å². The number of alkyl halides is 2. The number of halogens is 2. The molecule has 0 radical (unpaired) electrons. The number of nitrogens with one attached hydrogen (secondary N) is 4. The number of esters is 1. The highest BCUT2D eigenvalue weighted by atomic mass is 35.5. The van der Waals surface area contributed by atoms with Crippen molar-refractivity contribution in [3.05, 3.63) is 41.2 Å². The van der Waals surface area contributed by atoms with Crippen molar-refractivity contribution in [1.29, 1.82) is 0 Å². The molecule has 44 heavy (non-hydrogen) atoms. The number of aromatic nitrogens is 3. The van der Waals surface area contributed by atoms with E-state index in [1.807, 2.05) is 0 Å². The summed E-state index contributed by atoms with van der Waals surface area (Å²) in [5.41, 5.74) is 7.60. The lowest BCUT2D eigenvalue weighted by atomic mass is 10.0. The number of urea groups is 1. The smallest absolute Gasteiger partial charge is 0.312 e. The average Bonchev–Trinajstić information content (AvgIpc) is 3.38. The van der Waals surface area contributed by atoms with Crippen LogP contribution in [-0.4, -0.2) is 63.3 Å². The molecule has 1 heterocycles. The number of aryl methyl sites for hydroxylation is 1. The zero-order chi connectivity index (χ0) is 32.6. The predicted molar refractivity (Wildman–Crippen MR) is 164 cm³/mol. The van der Waals surface area contributed by atoms with Crippen LogP contribution in [0.1, 0.15) is 63.4 Å². The molecule has 0 fully saturated rings. The molecule has 14 nitrogen and oxygen atoms in total. The molecule has 2 rings (SSSR count). The lowest BCUT2D eigenvalue weighted by Crippen LogP contribution is -2.54. The second-order valence-corrected chi connectivity index (χ2v) is 10.9. The first-order chi connectivity index (χ1) is 20.9. The van der Waals surface area contributed by atoms with E-state index < -0.39 is 35.9 Å². The van der Waals surface area contributed by atoms with E-state index in [1.165, 1.54) is 6.92 Å². The number of anilines is 1. The van der Waals surface area contributed by atoms with Crippen molar-refractivity contribution in [1.82, 2.24) is 30.9 Å². The Kier molecular flexibility index (Phi) is 15.4. The Balaban J connectivity index is 2.02. The van der Waals surface area contributed by atoms with Crippen LogP contribution in [0, 0.1) is 5.92 Å². The largest absolute Gasteiger partial charge is 0.461 e. The van der Waals surface area contributed by atoms with Gasteiger partial charge in [-0.3, -0.25) is 19.2 Å². The standard InChI is InChI=1S/C28H40Cl2N8O6/c1-17(2)25(35-24(40)7-5-13-38-23(15-30)22(14-29)36-37-38)27(42)34-21(6-4-12-32-28(31)43)26(41)33-20-10-8-19(9-11-20)16-44-18(3)39/h8-11,17,21,25H,4-7,12-16H2,1-3H3,(H,33,41)(H,34,42)(H,35,40)(H3,31,32,43)/t21-,25-/m0/s1. The normalized spacial score (nSPS) is 12.2. The minimum absolute atomic E-state index is 0.0985. The van der Waals surface area contributed by atoms with Gasteiger partial charge in [-0.1, -0.05) is 31.2 Å². The van der Waals surface area contributed by atoms with Gasteiger partial charge < -0.3 is 31.7 Å². The molecule has 242 valence electrons. The van der Waals surface area contributed by atoms with Crippen LogP contribution in [0.25, 0.3) is 0 Å². The van der Waals surface area contributed by atoms with E-state index in [1.54, 1.807) is 42.8 Å². The number of carbonyl (C=O) groups excluding carboxylic acids is 5. The lowest BCUT2D eigenvalue weighted by Gasteiger charge is -2.25. The maximum atomic E-state index is 13.3. The van der Waals surface area contributed by atoms with E-state index >= 15 is 0 Å². The Hall–Kier alpha value is -3.91. The molecule has 1 aromatic heterocycles. The number of nitrogens with two attached hydrogens (primary N) is 1. The number of amides is 5. The monoisotopic (exact) mass is 654 g/mol. The molecule has 0 aliphatic rings. The zero-order valence-corrected chi connectivity index (χ0v) is 26.5. The minimum Gasteiger partial charge on any atom is -0.461 e. The third kappa shape index (κ3) is 12.4.